The van der Waals surface area contributed by atoms with Gasteiger partial charge in [0.2, 0.25) is 5.91 Å². The van der Waals surface area contributed by atoms with Crippen LogP contribution in [0.5, 0.6) is 0 Å². The van der Waals surface area contributed by atoms with Crippen molar-refractivity contribution in [2.75, 3.05) is 19.6 Å². The molecule has 0 aromatic heterocycles. The molecule has 1 fully saturated rings. The van der Waals surface area contributed by atoms with Gasteiger partial charge in [0.15, 0.2) is 0 Å². The first-order chi connectivity index (χ1) is 9.15. The molecule has 1 aliphatic heterocycles. The molecule has 1 aromatic carbocycles. The number of hydrogen-bond acceptors (Lipinski definition) is 2. The molecule has 0 aliphatic carbocycles. The molecule has 104 valence electrons. The Morgan fingerprint density at radius 2 is 2.26 bits per heavy atom. The molecule has 2 atom stereocenters. The summed E-state index contributed by atoms with van der Waals surface area (Å²) in [6.45, 7) is 6.87. The van der Waals surface area contributed by atoms with E-state index in [2.05, 4.69) is 48.7 Å². The molecule has 0 saturated carbocycles. The average Bonchev–Trinajstić information content (AvgIpc) is 2.38. The van der Waals surface area contributed by atoms with E-state index in [1.807, 2.05) is 0 Å². The Morgan fingerprint density at radius 3 is 3.00 bits per heavy atom. The van der Waals surface area contributed by atoms with E-state index < -0.39 is 0 Å². The first-order valence-electron chi connectivity index (χ1n) is 7.19. The number of amides is 1. The van der Waals surface area contributed by atoms with Crippen LogP contribution in [0.15, 0.2) is 24.3 Å². The van der Waals surface area contributed by atoms with Crippen molar-refractivity contribution >= 4 is 5.91 Å². The van der Waals surface area contributed by atoms with Gasteiger partial charge in [-0.05, 0) is 37.8 Å². The van der Waals surface area contributed by atoms with Crippen LogP contribution in [0.4, 0.5) is 0 Å². The maximum absolute atomic E-state index is 12.0. The van der Waals surface area contributed by atoms with E-state index in [-0.39, 0.29) is 11.8 Å². The number of aryl methyl sites for hydroxylation is 1. The lowest BCUT2D eigenvalue weighted by molar-refractivity contribution is -0.125. The van der Waals surface area contributed by atoms with E-state index in [0.29, 0.717) is 5.92 Å². The Balaban J connectivity index is 1.74. The lowest BCUT2D eigenvalue weighted by Gasteiger charge is -2.26. The molecule has 1 saturated heterocycles. The van der Waals surface area contributed by atoms with Crippen LogP contribution in [0.1, 0.15) is 24.5 Å². The molecule has 1 aliphatic rings. The number of carbonyl (C=O) groups excluding carboxylic acids is 1. The van der Waals surface area contributed by atoms with Crippen LogP contribution in [0, 0.1) is 18.8 Å². The van der Waals surface area contributed by atoms with E-state index in [0.717, 1.165) is 32.5 Å². The van der Waals surface area contributed by atoms with Gasteiger partial charge in [0.05, 0.1) is 5.92 Å². The minimum atomic E-state index is 0.140. The molecule has 3 nitrogen and oxygen atoms in total. The molecule has 2 rings (SSSR count). The summed E-state index contributed by atoms with van der Waals surface area (Å²) in [5, 5.41) is 6.38. The fourth-order valence-electron chi connectivity index (χ4n) is 2.70. The molecular weight excluding hydrogens is 236 g/mol. The van der Waals surface area contributed by atoms with Gasteiger partial charge in [0.1, 0.15) is 0 Å². The Hall–Kier alpha value is -1.35. The Morgan fingerprint density at radius 1 is 1.42 bits per heavy atom. The summed E-state index contributed by atoms with van der Waals surface area (Å²) < 4.78 is 0. The fourth-order valence-corrected chi connectivity index (χ4v) is 2.70. The number of carbonyl (C=O) groups is 1. The summed E-state index contributed by atoms with van der Waals surface area (Å²) in [6.07, 6.45) is 1.91. The quantitative estimate of drug-likeness (QED) is 0.868. The van der Waals surface area contributed by atoms with Crippen LogP contribution < -0.4 is 10.6 Å². The summed E-state index contributed by atoms with van der Waals surface area (Å²) in [5.74, 6) is 0.939. The molecule has 19 heavy (non-hydrogen) atoms. The van der Waals surface area contributed by atoms with Crippen molar-refractivity contribution in [2.24, 2.45) is 11.8 Å². The van der Waals surface area contributed by atoms with E-state index >= 15 is 0 Å². The van der Waals surface area contributed by atoms with Crippen LogP contribution in [-0.4, -0.2) is 25.5 Å². The van der Waals surface area contributed by atoms with Crippen molar-refractivity contribution in [3.63, 3.8) is 0 Å². The van der Waals surface area contributed by atoms with E-state index in [4.69, 9.17) is 0 Å². The van der Waals surface area contributed by atoms with E-state index in [1.165, 1.54) is 11.1 Å². The molecule has 0 bridgehead atoms. The molecule has 0 radical (unpaired) electrons. The predicted molar refractivity (Wildman–Crippen MR) is 78.0 cm³/mol. The fraction of sp³-hybridized carbons (Fsp3) is 0.562. The highest BCUT2D eigenvalue weighted by Gasteiger charge is 2.24. The summed E-state index contributed by atoms with van der Waals surface area (Å²) >= 11 is 0. The summed E-state index contributed by atoms with van der Waals surface area (Å²) in [7, 11) is 0. The van der Waals surface area contributed by atoms with Gasteiger partial charge < -0.3 is 10.6 Å². The van der Waals surface area contributed by atoms with Gasteiger partial charge in [-0.25, -0.2) is 0 Å². The van der Waals surface area contributed by atoms with Crippen LogP contribution >= 0.6 is 0 Å². The second-order valence-corrected chi connectivity index (χ2v) is 5.73. The highest BCUT2D eigenvalue weighted by molar-refractivity contribution is 5.79. The van der Waals surface area contributed by atoms with Crippen LogP contribution in [0.3, 0.4) is 0 Å². The Labute approximate surface area is 115 Å². The zero-order chi connectivity index (χ0) is 13.7. The van der Waals surface area contributed by atoms with E-state index in [9.17, 15) is 4.79 Å². The van der Waals surface area contributed by atoms with Gasteiger partial charge in [-0.1, -0.05) is 36.8 Å². The number of benzene rings is 1. The smallest absolute Gasteiger partial charge is 0.224 e. The third-order valence-corrected chi connectivity index (χ3v) is 3.74. The molecule has 3 heteroatoms. The van der Waals surface area contributed by atoms with Crippen molar-refractivity contribution < 1.29 is 4.79 Å². The first kappa shape index (κ1) is 14.1. The minimum absolute atomic E-state index is 0.140. The molecular formula is C16H24N2O. The molecule has 1 amide bonds. The molecule has 0 spiro atoms. The highest BCUT2D eigenvalue weighted by Crippen LogP contribution is 2.15. The normalized spacial score (nSPS) is 23.1. The minimum Gasteiger partial charge on any atom is -0.355 e. The monoisotopic (exact) mass is 260 g/mol. The van der Waals surface area contributed by atoms with Gasteiger partial charge in [0, 0.05) is 13.1 Å². The summed E-state index contributed by atoms with van der Waals surface area (Å²) in [5.41, 5.74) is 2.56. The second kappa shape index (κ2) is 6.71. The van der Waals surface area contributed by atoms with Crippen molar-refractivity contribution in [1.82, 2.24) is 10.6 Å². The summed E-state index contributed by atoms with van der Waals surface area (Å²) in [6, 6.07) is 8.45. The molecule has 1 aromatic rings. The second-order valence-electron chi connectivity index (χ2n) is 5.73. The third-order valence-electron chi connectivity index (χ3n) is 3.74. The third kappa shape index (κ3) is 4.35. The number of piperidine rings is 1. The van der Waals surface area contributed by atoms with Gasteiger partial charge in [-0.3, -0.25) is 4.79 Å². The zero-order valence-corrected chi connectivity index (χ0v) is 11.9. The largest absolute Gasteiger partial charge is 0.355 e. The van der Waals surface area contributed by atoms with Crippen LogP contribution in [-0.2, 0) is 11.2 Å². The standard InChI is InChI=1S/C16H24N2O/c1-12-4-3-5-14(8-12)6-7-18-16(19)15-9-13(2)10-17-11-15/h3-5,8,13,15,17H,6-7,9-11H2,1-2H3,(H,18,19). The van der Waals surface area contributed by atoms with Crippen molar-refractivity contribution in [3.8, 4) is 0 Å². The van der Waals surface area contributed by atoms with Gasteiger partial charge in [0.25, 0.3) is 0 Å². The Bertz CT molecular complexity index is 431. The van der Waals surface area contributed by atoms with Crippen LogP contribution in [0.2, 0.25) is 0 Å². The molecule has 2 unspecified atom stereocenters. The van der Waals surface area contributed by atoms with Gasteiger partial charge in [-0.2, -0.15) is 0 Å². The number of hydrogen-bond donors (Lipinski definition) is 2. The first-order valence-corrected chi connectivity index (χ1v) is 7.19. The predicted octanol–water partition coefficient (Wildman–Crippen LogP) is 1.90. The number of rotatable bonds is 4. The maximum Gasteiger partial charge on any atom is 0.224 e. The maximum atomic E-state index is 12.0. The highest BCUT2D eigenvalue weighted by atomic mass is 16.1. The zero-order valence-electron chi connectivity index (χ0n) is 11.9. The topological polar surface area (TPSA) is 41.1 Å². The molecule has 1 heterocycles. The average molecular weight is 260 g/mol. The lowest BCUT2D eigenvalue weighted by Crippen LogP contribution is -2.43. The Kier molecular flexibility index (Phi) is 4.97. The van der Waals surface area contributed by atoms with Gasteiger partial charge >= 0.3 is 0 Å². The summed E-state index contributed by atoms with van der Waals surface area (Å²) in [4.78, 5) is 12.0. The van der Waals surface area contributed by atoms with Crippen molar-refractivity contribution in [3.05, 3.63) is 35.4 Å². The van der Waals surface area contributed by atoms with E-state index in [1.54, 1.807) is 0 Å². The molecule has 2 N–H and O–H groups in total. The number of nitrogens with one attached hydrogen (secondary N) is 2. The van der Waals surface area contributed by atoms with Gasteiger partial charge in [-0.15, -0.1) is 0 Å². The SMILES string of the molecule is Cc1cccc(CCNC(=O)C2CNCC(C)C2)c1. The van der Waals surface area contributed by atoms with Crippen LogP contribution in [0.25, 0.3) is 0 Å². The van der Waals surface area contributed by atoms with Crippen molar-refractivity contribution in [2.45, 2.75) is 26.7 Å². The van der Waals surface area contributed by atoms with Crippen molar-refractivity contribution in [1.29, 1.82) is 0 Å². The lowest BCUT2D eigenvalue weighted by atomic mass is 9.91.